The van der Waals surface area contributed by atoms with Crippen LogP contribution >= 0.6 is 0 Å². The summed E-state index contributed by atoms with van der Waals surface area (Å²) in [4.78, 5) is 8.62. The van der Waals surface area contributed by atoms with Gasteiger partial charge in [-0.15, -0.1) is 0 Å². The maximum absolute atomic E-state index is 9.34. The number of hydrogen-bond acceptors (Lipinski definition) is 4. The Hall–Kier alpha value is -2.88. The van der Waals surface area contributed by atoms with Crippen LogP contribution in [-0.2, 0) is 6.42 Å². The van der Waals surface area contributed by atoms with Crippen LogP contribution in [0.15, 0.2) is 60.9 Å². The number of nitrogens with one attached hydrogen (secondary N) is 1. The van der Waals surface area contributed by atoms with E-state index < -0.39 is 0 Å². The Morgan fingerprint density at radius 1 is 0.958 bits per heavy atom. The van der Waals surface area contributed by atoms with Gasteiger partial charge in [0.15, 0.2) is 0 Å². The number of phenolic OH excluding ortho intramolecular Hbond substituents is 1. The summed E-state index contributed by atoms with van der Waals surface area (Å²) in [6.45, 7) is 4.44. The minimum atomic E-state index is 0.241. The second-order valence-electron chi connectivity index (χ2n) is 6.26. The molecule has 4 heteroatoms. The molecular weight excluding hydrogens is 298 g/mol. The molecule has 0 fully saturated rings. The smallest absolute Gasteiger partial charge is 0.134 e. The zero-order chi connectivity index (χ0) is 16.9. The lowest BCUT2D eigenvalue weighted by atomic mass is 10.0. The average molecular weight is 319 g/mol. The van der Waals surface area contributed by atoms with Crippen molar-refractivity contribution in [1.29, 1.82) is 0 Å². The number of phenols is 1. The molecule has 0 spiro atoms. The van der Waals surface area contributed by atoms with Crippen LogP contribution in [0.3, 0.4) is 0 Å². The van der Waals surface area contributed by atoms with E-state index in [0.717, 1.165) is 29.2 Å². The van der Waals surface area contributed by atoms with Crippen molar-refractivity contribution in [2.75, 3.05) is 5.32 Å². The fourth-order valence-corrected chi connectivity index (χ4v) is 2.56. The van der Waals surface area contributed by atoms with Gasteiger partial charge in [-0.1, -0.05) is 38.1 Å². The fourth-order valence-electron chi connectivity index (χ4n) is 2.56. The molecular formula is C20H21N3O. The summed E-state index contributed by atoms with van der Waals surface area (Å²) in [6, 6.07) is 17.3. The summed E-state index contributed by atoms with van der Waals surface area (Å²) >= 11 is 0. The van der Waals surface area contributed by atoms with E-state index in [1.54, 1.807) is 30.6 Å². The fraction of sp³-hybridized carbons (Fsp3) is 0.200. The normalized spacial score (nSPS) is 10.8. The van der Waals surface area contributed by atoms with Crippen molar-refractivity contribution < 1.29 is 5.11 Å². The Labute approximate surface area is 142 Å². The van der Waals surface area contributed by atoms with Gasteiger partial charge in [-0.2, -0.15) is 0 Å². The molecule has 4 nitrogen and oxygen atoms in total. The Balaban J connectivity index is 1.78. The van der Waals surface area contributed by atoms with E-state index in [9.17, 15) is 5.11 Å². The van der Waals surface area contributed by atoms with E-state index in [1.165, 1.54) is 5.56 Å². The Morgan fingerprint density at radius 3 is 2.33 bits per heavy atom. The van der Waals surface area contributed by atoms with Crippen LogP contribution in [0.1, 0.15) is 19.4 Å². The van der Waals surface area contributed by atoms with Crippen LogP contribution in [-0.4, -0.2) is 15.1 Å². The lowest BCUT2D eigenvalue weighted by Crippen LogP contribution is -1.96. The monoisotopic (exact) mass is 319 g/mol. The molecule has 1 heterocycles. The van der Waals surface area contributed by atoms with Crippen molar-refractivity contribution in [3.05, 3.63) is 66.5 Å². The number of hydrogen-bond donors (Lipinski definition) is 2. The summed E-state index contributed by atoms with van der Waals surface area (Å²) in [7, 11) is 0. The molecule has 2 N–H and O–H groups in total. The summed E-state index contributed by atoms with van der Waals surface area (Å²) < 4.78 is 0. The molecule has 3 aromatic rings. The van der Waals surface area contributed by atoms with Gasteiger partial charge in [0.05, 0.1) is 5.69 Å². The van der Waals surface area contributed by atoms with Crippen molar-refractivity contribution in [2.24, 2.45) is 5.92 Å². The minimum Gasteiger partial charge on any atom is -0.508 e. The van der Waals surface area contributed by atoms with Crippen LogP contribution in [0.4, 0.5) is 11.5 Å². The molecule has 0 saturated heterocycles. The molecule has 0 radical (unpaired) electrons. The molecule has 3 rings (SSSR count). The second-order valence-corrected chi connectivity index (χ2v) is 6.26. The highest BCUT2D eigenvalue weighted by Gasteiger charge is 2.04. The van der Waals surface area contributed by atoms with Gasteiger partial charge in [0.2, 0.25) is 0 Å². The van der Waals surface area contributed by atoms with Crippen molar-refractivity contribution in [1.82, 2.24) is 9.97 Å². The number of aromatic hydroxyl groups is 1. The topological polar surface area (TPSA) is 58.0 Å². The quantitative estimate of drug-likeness (QED) is 0.664. The number of rotatable bonds is 5. The standard InChI is InChI=1S/C20H21N3O/c1-14(2)11-15-3-5-16(6-4-15)19-12-20(22-13-21-19)23-17-7-9-18(24)10-8-17/h3-10,12-14,24H,11H2,1-2H3,(H,21,22,23). The van der Waals surface area contributed by atoms with Crippen molar-refractivity contribution in [3.8, 4) is 17.0 Å². The predicted octanol–water partition coefficient (Wildman–Crippen LogP) is 4.79. The van der Waals surface area contributed by atoms with Crippen molar-refractivity contribution in [2.45, 2.75) is 20.3 Å². The molecule has 1 aromatic heterocycles. The first kappa shape index (κ1) is 16.0. The van der Waals surface area contributed by atoms with Gasteiger partial charge >= 0.3 is 0 Å². The van der Waals surface area contributed by atoms with Crippen LogP contribution in [0.5, 0.6) is 5.75 Å². The molecule has 0 aliphatic rings. The third kappa shape index (κ3) is 4.10. The summed E-state index contributed by atoms with van der Waals surface area (Å²) in [5.41, 5.74) is 4.15. The molecule has 0 unspecified atom stereocenters. The van der Waals surface area contributed by atoms with Crippen LogP contribution in [0, 0.1) is 5.92 Å². The number of anilines is 2. The Kier molecular flexibility index (Phi) is 4.75. The zero-order valence-corrected chi connectivity index (χ0v) is 13.9. The third-order valence-corrected chi connectivity index (χ3v) is 3.70. The highest BCUT2D eigenvalue weighted by Crippen LogP contribution is 2.23. The van der Waals surface area contributed by atoms with Gasteiger partial charge in [0.25, 0.3) is 0 Å². The first-order chi connectivity index (χ1) is 11.6. The second kappa shape index (κ2) is 7.13. The summed E-state index contributed by atoms with van der Waals surface area (Å²) in [6.07, 6.45) is 2.64. The first-order valence-electron chi connectivity index (χ1n) is 8.07. The maximum Gasteiger partial charge on any atom is 0.134 e. The summed E-state index contributed by atoms with van der Waals surface area (Å²) in [5.74, 6) is 1.61. The number of nitrogens with zero attached hydrogens (tertiary/aromatic N) is 2. The molecule has 0 saturated carbocycles. The van der Waals surface area contributed by atoms with Gasteiger partial charge < -0.3 is 10.4 Å². The minimum absolute atomic E-state index is 0.241. The van der Waals surface area contributed by atoms with Crippen molar-refractivity contribution in [3.63, 3.8) is 0 Å². The third-order valence-electron chi connectivity index (χ3n) is 3.70. The highest BCUT2D eigenvalue weighted by molar-refractivity contribution is 5.65. The van der Waals surface area contributed by atoms with E-state index in [-0.39, 0.29) is 5.75 Å². The van der Waals surface area contributed by atoms with E-state index in [1.807, 2.05) is 6.07 Å². The van der Waals surface area contributed by atoms with E-state index in [2.05, 4.69) is 53.4 Å². The van der Waals surface area contributed by atoms with Gasteiger partial charge in [0.1, 0.15) is 17.9 Å². The van der Waals surface area contributed by atoms with Crippen LogP contribution in [0.25, 0.3) is 11.3 Å². The maximum atomic E-state index is 9.34. The van der Waals surface area contributed by atoms with Gasteiger partial charge in [-0.05, 0) is 42.2 Å². The van der Waals surface area contributed by atoms with Crippen LogP contribution in [0.2, 0.25) is 0 Å². The van der Waals surface area contributed by atoms with Gasteiger partial charge in [-0.25, -0.2) is 9.97 Å². The predicted molar refractivity (Wildman–Crippen MR) is 97.4 cm³/mol. The zero-order valence-electron chi connectivity index (χ0n) is 13.9. The van der Waals surface area contributed by atoms with E-state index in [4.69, 9.17) is 0 Å². The van der Waals surface area contributed by atoms with Crippen molar-refractivity contribution >= 4 is 11.5 Å². The highest BCUT2D eigenvalue weighted by atomic mass is 16.3. The SMILES string of the molecule is CC(C)Cc1ccc(-c2cc(Nc3ccc(O)cc3)ncn2)cc1. The van der Waals surface area contributed by atoms with E-state index >= 15 is 0 Å². The van der Waals surface area contributed by atoms with Gasteiger partial charge in [-0.3, -0.25) is 0 Å². The Morgan fingerprint density at radius 2 is 1.67 bits per heavy atom. The van der Waals surface area contributed by atoms with Gasteiger partial charge in [0, 0.05) is 17.3 Å². The molecule has 122 valence electrons. The van der Waals surface area contributed by atoms with E-state index in [0.29, 0.717) is 5.92 Å². The number of benzene rings is 2. The molecule has 0 aliphatic carbocycles. The first-order valence-corrected chi connectivity index (χ1v) is 8.07. The molecule has 2 aromatic carbocycles. The molecule has 0 amide bonds. The lowest BCUT2D eigenvalue weighted by molar-refractivity contribution is 0.475. The molecule has 0 atom stereocenters. The Bertz CT molecular complexity index is 796. The summed E-state index contributed by atoms with van der Waals surface area (Å²) in [5, 5.41) is 12.6. The lowest BCUT2D eigenvalue weighted by Gasteiger charge is -2.08. The molecule has 0 bridgehead atoms. The molecule has 24 heavy (non-hydrogen) atoms. The van der Waals surface area contributed by atoms with Crippen LogP contribution < -0.4 is 5.32 Å². The largest absolute Gasteiger partial charge is 0.508 e. The average Bonchev–Trinajstić information content (AvgIpc) is 2.57. The number of aromatic nitrogens is 2. The molecule has 0 aliphatic heterocycles.